The Kier molecular flexibility index (Phi) is 6.00. The van der Waals surface area contributed by atoms with Crippen molar-refractivity contribution in [2.24, 2.45) is 5.92 Å². The lowest BCUT2D eigenvalue weighted by Crippen LogP contribution is -2.30. The number of benzene rings is 1. The van der Waals surface area contributed by atoms with Gasteiger partial charge in [0.25, 0.3) is 0 Å². The number of rotatable bonds is 7. The van der Waals surface area contributed by atoms with Crippen LogP contribution in [-0.2, 0) is 21.4 Å². The van der Waals surface area contributed by atoms with Gasteiger partial charge in [0.15, 0.2) is 11.6 Å². The minimum atomic E-state index is -4.19. The Bertz CT molecular complexity index is 563. The fourth-order valence-corrected chi connectivity index (χ4v) is 2.88. The second-order valence-corrected chi connectivity index (χ2v) is 6.20. The smallest absolute Gasteiger partial charge is 0.243 e. The molecule has 20 heavy (non-hydrogen) atoms. The van der Waals surface area contributed by atoms with E-state index in [9.17, 15) is 17.2 Å². The van der Waals surface area contributed by atoms with Crippen LogP contribution in [0.1, 0.15) is 12.5 Å². The number of sulfonamides is 1. The third-order valence-electron chi connectivity index (χ3n) is 2.60. The van der Waals surface area contributed by atoms with E-state index >= 15 is 0 Å². The van der Waals surface area contributed by atoms with Crippen LogP contribution in [-0.4, -0.2) is 33.8 Å². The Morgan fingerprint density at radius 2 is 2.05 bits per heavy atom. The lowest BCUT2D eigenvalue weighted by atomic mass is 10.2. The van der Waals surface area contributed by atoms with Crippen LogP contribution >= 0.6 is 0 Å². The van der Waals surface area contributed by atoms with Crippen LogP contribution in [0.25, 0.3) is 0 Å². The second-order valence-electron chi connectivity index (χ2n) is 4.46. The molecule has 0 amide bonds. The minimum absolute atomic E-state index is 0.0192. The highest BCUT2D eigenvalue weighted by Gasteiger charge is 2.23. The molecule has 0 radical (unpaired) electrons. The molecule has 0 bridgehead atoms. The molecule has 114 valence electrons. The molecule has 0 heterocycles. The first-order valence-electron chi connectivity index (χ1n) is 5.89. The van der Waals surface area contributed by atoms with Gasteiger partial charge in [-0.15, -0.1) is 0 Å². The predicted octanol–water partition coefficient (Wildman–Crippen LogP) is 1.02. The normalized spacial score (nSPS) is 13.4. The Labute approximate surface area is 116 Å². The summed E-state index contributed by atoms with van der Waals surface area (Å²) in [5.74, 6) is -2.90. The molecule has 0 aliphatic carbocycles. The zero-order valence-corrected chi connectivity index (χ0v) is 12.0. The first-order valence-corrected chi connectivity index (χ1v) is 7.37. The number of halogens is 2. The van der Waals surface area contributed by atoms with E-state index in [0.717, 1.165) is 12.1 Å². The third-order valence-corrected chi connectivity index (χ3v) is 4.02. The van der Waals surface area contributed by atoms with Crippen molar-refractivity contribution in [3.8, 4) is 0 Å². The van der Waals surface area contributed by atoms with Crippen LogP contribution in [0.2, 0.25) is 0 Å². The first kappa shape index (κ1) is 17.0. The van der Waals surface area contributed by atoms with Crippen LogP contribution < -0.4 is 4.72 Å². The summed E-state index contributed by atoms with van der Waals surface area (Å²) in [6.07, 6.45) is 0. The molecular weight excluding hydrogens is 292 g/mol. The van der Waals surface area contributed by atoms with E-state index in [0.29, 0.717) is 6.61 Å². The van der Waals surface area contributed by atoms with Gasteiger partial charge in [-0.25, -0.2) is 21.9 Å². The number of methoxy groups -OCH3 is 1. The maximum atomic E-state index is 13.6. The third kappa shape index (κ3) is 4.20. The number of ether oxygens (including phenoxy) is 1. The van der Waals surface area contributed by atoms with E-state index < -0.39 is 33.2 Å². The van der Waals surface area contributed by atoms with Gasteiger partial charge in [-0.3, -0.25) is 0 Å². The fourth-order valence-electron chi connectivity index (χ4n) is 1.58. The molecule has 0 fully saturated rings. The largest absolute Gasteiger partial charge is 0.392 e. The fraction of sp³-hybridized carbons (Fsp3) is 0.500. The van der Waals surface area contributed by atoms with Gasteiger partial charge in [-0.2, -0.15) is 0 Å². The Hall–Kier alpha value is -1.09. The zero-order chi connectivity index (χ0) is 15.3. The van der Waals surface area contributed by atoms with Gasteiger partial charge < -0.3 is 9.84 Å². The van der Waals surface area contributed by atoms with E-state index in [2.05, 4.69) is 4.72 Å². The molecule has 0 aromatic heterocycles. The van der Waals surface area contributed by atoms with Crippen molar-refractivity contribution in [1.82, 2.24) is 4.72 Å². The minimum Gasteiger partial charge on any atom is -0.392 e. The van der Waals surface area contributed by atoms with Crippen molar-refractivity contribution in [2.75, 3.05) is 20.3 Å². The van der Waals surface area contributed by atoms with Crippen molar-refractivity contribution in [2.45, 2.75) is 18.4 Å². The molecule has 1 atom stereocenters. The summed E-state index contributed by atoms with van der Waals surface area (Å²) in [5, 5.41) is 8.91. The lowest BCUT2D eigenvalue weighted by Gasteiger charge is -2.13. The van der Waals surface area contributed by atoms with Gasteiger partial charge in [0.2, 0.25) is 10.0 Å². The highest BCUT2D eigenvalue weighted by atomic mass is 32.2. The standard InChI is InChI=1S/C12H17F2NO4S/c1-8(7-19-2)5-15-20(17,18)11-4-9(6-16)3-10(13)12(11)14/h3-4,8,15-16H,5-7H2,1-2H3. The summed E-state index contributed by atoms with van der Waals surface area (Å²) in [6, 6.07) is 1.66. The number of hydrogen-bond acceptors (Lipinski definition) is 4. The Morgan fingerprint density at radius 1 is 1.40 bits per heavy atom. The maximum absolute atomic E-state index is 13.6. The van der Waals surface area contributed by atoms with Gasteiger partial charge in [-0.05, 0) is 23.6 Å². The molecule has 1 aromatic rings. The first-order chi connectivity index (χ1) is 9.31. The van der Waals surface area contributed by atoms with E-state index in [1.807, 2.05) is 0 Å². The summed E-state index contributed by atoms with van der Waals surface area (Å²) in [7, 11) is -2.71. The molecule has 0 spiro atoms. The molecule has 5 nitrogen and oxygen atoms in total. The van der Waals surface area contributed by atoms with Crippen molar-refractivity contribution in [1.29, 1.82) is 0 Å². The molecule has 0 saturated carbocycles. The van der Waals surface area contributed by atoms with E-state index in [1.54, 1.807) is 6.92 Å². The summed E-state index contributed by atoms with van der Waals surface area (Å²) in [4.78, 5) is -0.814. The summed E-state index contributed by atoms with van der Waals surface area (Å²) in [5.41, 5.74) is -0.0192. The summed E-state index contributed by atoms with van der Waals surface area (Å²) >= 11 is 0. The van der Waals surface area contributed by atoms with Crippen LogP contribution in [0, 0.1) is 17.6 Å². The molecule has 1 unspecified atom stereocenters. The van der Waals surface area contributed by atoms with E-state index in [4.69, 9.17) is 9.84 Å². The summed E-state index contributed by atoms with van der Waals surface area (Å²) in [6.45, 7) is 1.52. The maximum Gasteiger partial charge on any atom is 0.243 e. The van der Waals surface area contributed by atoms with Gasteiger partial charge in [0, 0.05) is 20.3 Å². The SMILES string of the molecule is COCC(C)CNS(=O)(=O)c1cc(CO)cc(F)c1F. The van der Waals surface area contributed by atoms with Crippen molar-refractivity contribution < 1.29 is 27.0 Å². The number of hydrogen-bond donors (Lipinski definition) is 2. The Balaban J connectivity index is 3.00. The van der Waals surface area contributed by atoms with Crippen LogP contribution in [0.3, 0.4) is 0 Å². The second kappa shape index (κ2) is 7.07. The number of aliphatic hydroxyl groups is 1. The molecule has 1 aromatic carbocycles. The van der Waals surface area contributed by atoms with Gasteiger partial charge in [0.05, 0.1) is 6.61 Å². The molecule has 0 saturated heterocycles. The number of aliphatic hydroxyl groups excluding tert-OH is 1. The van der Waals surface area contributed by atoms with E-state index in [-0.39, 0.29) is 18.0 Å². The average Bonchev–Trinajstić information content (AvgIpc) is 2.39. The quantitative estimate of drug-likeness (QED) is 0.788. The average molecular weight is 309 g/mol. The molecule has 0 aliphatic heterocycles. The van der Waals surface area contributed by atoms with Crippen molar-refractivity contribution >= 4 is 10.0 Å². The highest BCUT2D eigenvalue weighted by Crippen LogP contribution is 2.20. The molecule has 8 heteroatoms. The predicted molar refractivity (Wildman–Crippen MR) is 68.5 cm³/mol. The van der Waals surface area contributed by atoms with Crippen LogP contribution in [0.5, 0.6) is 0 Å². The number of nitrogens with one attached hydrogen (secondary N) is 1. The molecule has 2 N–H and O–H groups in total. The van der Waals surface area contributed by atoms with Gasteiger partial charge in [-0.1, -0.05) is 6.92 Å². The van der Waals surface area contributed by atoms with Crippen LogP contribution in [0.15, 0.2) is 17.0 Å². The molecular formula is C12H17F2NO4S. The van der Waals surface area contributed by atoms with Gasteiger partial charge >= 0.3 is 0 Å². The summed E-state index contributed by atoms with van der Waals surface area (Å²) < 4.78 is 57.8. The monoisotopic (exact) mass is 309 g/mol. The van der Waals surface area contributed by atoms with E-state index in [1.165, 1.54) is 7.11 Å². The highest BCUT2D eigenvalue weighted by molar-refractivity contribution is 7.89. The van der Waals surface area contributed by atoms with Crippen molar-refractivity contribution in [3.63, 3.8) is 0 Å². The van der Waals surface area contributed by atoms with Crippen LogP contribution in [0.4, 0.5) is 8.78 Å². The van der Waals surface area contributed by atoms with Gasteiger partial charge in [0.1, 0.15) is 4.90 Å². The van der Waals surface area contributed by atoms with Crippen molar-refractivity contribution in [3.05, 3.63) is 29.3 Å². The Morgan fingerprint density at radius 3 is 2.60 bits per heavy atom. The topological polar surface area (TPSA) is 75.6 Å². The molecule has 0 aliphatic rings. The molecule has 1 rings (SSSR count). The lowest BCUT2D eigenvalue weighted by molar-refractivity contribution is 0.161. The zero-order valence-electron chi connectivity index (χ0n) is 11.2.